The Morgan fingerprint density at radius 1 is 1.11 bits per heavy atom. The predicted octanol–water partition coefficient (Wildman–Crippen LogP) is 3.33. The fourth-order valence-corrected chi connectivity index (χ4v) is 3.73. The second-order valence-electron chi connectivity index (χ2n) is 5.75. The number of methoxy groups -OCH3 is 2. The van der Waals surface area contributed by atoms with E-state index in [1.165, 1.54) is 22.7 Å². The summed E-state index contributed by atoms with van der Waals surface area (Å²) in [5.41, 5.74) is 1.47. The number of anilines is 1. The van der Waals surface area contributed by atoms with Crippen molar-refractivity contribution in [2.24, 2.45) is 0 Å². The van der Waals surface area contributed by atoms with Crippen LogP contribution < -0.4 is 20.1 Å². The van der Waals surface area contributed by atoms with Crippen molar-refractivity contribution in [3.8, 4) is 11.5 Å². The molecular weight excluding hydrogens is 398 g/mol. The van der Waals surface area contributed by atoms with Crippen LogP contribution in [0, 0.1) is 0 Å². The SMILES string of the molecule is COc1cc(CNC(=O)Cc2csc(NC(=O)c3cccs3)n2)cc(OC)c1. The summed E-state index contributed by atoms with van der Waals surface area (Å²) in [6, 6.07) is 9.00. The van der Waals surface area contributed by atoms with Crippen molar-refractivity contribution in [2.45, 2.75) is 13.0 Å². The molecular formula is C19H19N3O4S2. The van der Waals surface area contributed by atoms with Gasteiger partial charge in [-0.2, -0.15) is 0 Å². The van der Waals surface area contributed by atoms with E-state index in [0.29, 0.717) is 33.7 Å². The third-order valence-electron chi connectivity index (χ3n) is 3.76. The zero-order chi connectivity index (χ0) is 19.9. The Labute approximate surface area is 170 Å². The number of thiazole rings is 1. The Morgan fingerprint density at radius 3 is 2.50 bits per heavy atom. The highest BCUT2D eigenvalue weighted by atomic mass is 32.1. The number of hydrogen-bond donors (Lipinski definition) is 2. The molecule has 3 aromatic rings. The van der Waals surface area contributed by atoms with E-state index in [2.05, 4.69) is 15.6 Å². The summed E-state index contributed by atoms with van der Waals surface area (Å²) >= 11 is 2.65. The largest absolute Gasteiger partial charge is 0.497 e. The third-order valence-corrected chi connectivity index (χ3v) is 5.43. The van der Waals surface area contributed by atoms with Crippen molar-refractivity contribution < 1.29 is 19.1 Å². The first-order valence-corrected chi connectivity index (χ1v) is 10.1. The number of nitrogens with one attached hydrogen (secondary N) is 2. The van der Waals surface area contributed by atoms with Gasteiger partial charge in [0.2, 0.25) is 5.91 Å². The number of thiophene rings is 1. The Morgan fingerprint density at radius 2 is 1.86 bits per heavy atom. The first-order valence-electron chi connectivity index (χ1n) is 8.35. The second kappa shape index (κ2) is 9.34. The minimum absolute atomic E-state index is 0.131. The Kier molecular flexibility index (Phi) is 6.62. The number of ether oxygens (including phenoxy) is 2. The molecule has 0 radical (unpaired) electrons. The maximum absolute atomic E-state index is 12.2. The molecule has 146 valence electrons. The van der Waals surface area contributed by atoms with E-state index >= 15 is 0 Å². The Hall–Kier alpha value is -2.91. The summed E-state index contributed by atoms with van der Waals surface area (Å²) in [5.74, 6) is 0.957. The first kappa shape index (κ1) is 19.8. The van der Waals surface area contributed by atoms with E-state index in [4.69, 9.17) is 9.47 Å². The van der Waals surface area contributed by atoms with Gasteiger partial charge in [0.05, 0.1) is 31.2 Å². The Bertz CT molecular complexity index is 932. The standard InChI is InChI=1S/C19H19N3O4S2/c1-25-14-6-12(7-15(9-14)26-2)10-20-17(23)8-13-11-28-19(21-13)22-18(24)16-4-3-5-27-16/h3-7,9,11H,8,10H2,1-2H3,(H,20,23)(H,21,22,24). The van der Waals surface area contributed by atoms with Crippen LogP contribution in [0.15, 0.2) is 41.1 Å². The number of rotatable bonds is 8. The van der Waals surface area contributed by atoms with Crippen LogP contribution in [0.3, 0.4) is 0 Å². The number of nitrogens with zero attached hydrogens (tertiary/aromatic N) is 1. The van der Waals surface area contributed by atoms with Crippen LogP contribution in [0.1, 0.15) is 20.9 Å². The van der Waals surface area contributed by atoms with Gasteiger partial charge in [-0.25, -0.2) is 4.98 Å². The van der Waals surface area contributed by atoms with Crippen molar-refractivity contribution in [3.05, 3.63) is 57.2 Å². The van der Waals surface area contributed by atoms with E-state index in [9.17, 15) is 9.59 Å². The molecule has 28 heavy (non-hydrogen) atoms. The van der Waals surface area contributed by atoms with Gasteiger partial charge in [0.25, 0.3) is 5.91 Å². The number of benzene rings is 1. The zero-order valence-electron chi connectivity index (χ0n) is 15.4. The number of aromatic nitrogens is 1. The summed E-state index contributed by atoms with van der Waals surface area (Å²) in [5, 5.41) is 9.66. The molecule has 2 aromatic heterocycles. The van der Waals surface area contributed by atoms with Gasteiger partial charge in [0.1, 0.15) is 11.5 Å². The quantitative estimate of drug-likeness (QED) is 0.587. The van der Waals surface area contributed by atoms with Gasteiger partial charge >= 0.3 is 0 Å². The fraction of sp³-hybridized carbons (Fsp3) is 0.211. The van der Waals surface area contributed by atoms with Gasteiger partial charge in [-0.05, 0) is 29.1 Å². The van der Waals surface area contributed by atoms with Crippen LogP contribution in [0.25, 0.3) is 0 Å². The van der Waals surface area contributed by atoms with Crippen LogP contribution in [-0.4, -0.2) is 31.0 Å². The minimum Gasteiger partial charge on any atom is -0.497 e. The number of carbonyl (C=O) groups excluding carboxylic acids is 2. The van der Waals surface area contributed by atoms with Gasteiger partial charge in [-0.1, -0.05) is 6.07 Å². The summed E-state index contributed by atoms with van der Waals surface area (Å²) in [6.07, 6.45) is 0.131. The van der Waals surface area contributed by atoms with E-state index in [1.807, 2.05) is 23.6 Å². The molecule has 0 aliphatic rings. The normalized spacial score (nSPS) is 10.4. The minimum atomic E-state index is -0.202. The van der Waals surface area contributed by atoms with Crippen molar-refractivity contribution in [3.63, 3.8) is 0 Å². The molecule has 0 fully saturated rings. The first-order chi connectivity index (χ1) is 13.6. The lowest BCUT2D eigenvalue weighted by Crippen LogP contribution is -2.24. The van der Waals surface area contributed by atoms with E-state index in [1.54, 1.807) is 31.7 Å². The van der Waals surface area contributed by atoms with Gasteiger partial charge in [0, 0.05) is 18.0 Å². The lowest BCUT2D eigenvalue weighted by atomic mass is 10.2. The van der Waals surface area contributed by atoms with Gasteiger partial charge in [-0.3, -0.25) is 14.9 Å². The summed E-state index contributed by atoms with van der Waals surface area (Å²) in [4.78, 5) is 29.2. The summed E-state index contributed by atoms with van der Waals surface area (Å²) in [7, 11) is 3.16. The molecule has 0 saturated carbocycles. The molecule has 0 bridgehead atoms. The maximum Gasteiger partial charge on any atom is 0.267 e. The van der Waals surface area contributed by atoms with Crippen molar-refractivity contribution in [1.82, 2.24) is 10.3 Å². The highest BCUT2D eigenvalue weighted by Crippen LogP contribution is 2.22. The van der Waals surface area contributed by atoms with Crippen LogP contribution in [0.2, 0.25) is 0 Å². The van der Waals surface area contributed by atoms with Gasteiger partial charge < -0.3 is 14.8 Å². The Balaban J connectivity index is 1.53. The molecule has 2 amide bonds. The van der Waals surface area contributed by atoms with Crippen molar-refractivity contribution >= 4 is 39.6 Å². The van der Waals surface area contributed by atoms with Crippen molar-refractivity contribution in [1.29, 1.82) is 0 Å². The number of carbonyl (C=O) groups is 2. The van der Waals surface area contributed by atoms with Crippen LogP contribution in [0.5, 0.6) is 11.5 Å². The van der Waals surface area contributed by atoms with Crippen LogP contribution in [0.4, 0.5) is 5.13 Å². The molecule has 0 atom stereocenters. The second-order valence-corrected chi connectivity index (χ2v) is 7.56. The zero-order valence-corrected chi connectivity index (χ0v) is 17.0. The van der Waals surface area contributed by atoms with Gasteiger partial charge in [-0.15, -0.1) is 22.7 Å². The average Bonchev–Trinajstić information content (AvgIpc) is 3.38. The predicted molar refractivity (Wildman–Crippen MR) is 109 cm³/mol. The molecule has 2 N–H and O–H groups in total. The number of hydrogen-bond acceptors (Lipinski definition) is 7. The molecule has 7 nitrogen and oxygen atoms in total. The lowest BCUT2D eigenvalue weighted by molar-refractivity contribution is -0.120. The summed E-state index contributed by atoms with van der Waals surface area (Å²) < 4.78 is 10.5. The van der Waals surface area contributed by atoms with E-state index in [0.717, 1.165) is 5.56 Å². The van der Waals surface area contributed by atoms with E-state index in [-0.39, 0.29) is 18.2 Å². The maximum atomic E-state index is 12.2. The molecule has 0 spiro atoms. The number of amides is 2. The molecule has 0 saturated heterocycles. The monoisotopic (exact) mass is 417 g/mol. The average molecular weight is 418 g/mol. The van der Waals surface area contributed by atoms with E-state index < -0.39 is 0 Å². The lowest BCUT2D eigenvalue weighted by Gasteiger charge is -2.09. The smallest absolute Gasteiger partial charge is 0.267 e. The van der Waals surface area contributed by atoms with Crippen molar-refractivity contribution in [2.75, 3.05) is 19.5 Å². The molecule has 2 heterocycles. The third kappa shape index (κ3) is 5.30. The molecule has 1 aromatic carbocycles. The topological polar surface area (TPSA) is 89.6 Å². The fourth-order valence-electron chi connectivity index (χ4n) is 2.41. The molecule has 0 aliphatic heterocycles. The van der Waals surface area contributed by atoms with Crippen LogP contribution in [-0.2, 0) is 17.8 Å². The summed E-state index contributed by atoms with van der Waals surface area (Å²) in [6.45, 7) is 0.346. The van der Waals surface area contributed by atoms with Gasteiger partial charge in [0.15, 0.2) is 5.13 Å². The molecule has 0 aliphatic carbocycles. The molecule has 3 rings (SSSR count). The molecule has 9 heteroatoms. The highest BCUT2D eigenvalue weighted by Gasteiger charge is 2.12. The highest BCUT2D eigenvalue weighted by molar-refractivity contribution is 7.14. The van der Waals surface area contributed by atoms with Crippen LogP contribution >= 0.6 is 22.7 Å². The molecule has 0 unspecified atom stereocenters.